The molecule has 0 saturated heterocycles. The third-order valence-corrected chi connectivity index (χ3v) is 2.30. The van der Waals surface area contributed by atoms with Crippen molar-refractivity contribution in [2.75, 3.05) is 0 Å². The fourth-order valence-corrected chi connectivity index (χ4v) is 1.48. The second kappa shape index (κ2) is 3.90. The van der Waals surface area contributed by atoms with E-state index in [2.05, 4.69) is 10.2 Å². The summed E-state index contributed by atoms with van der Waals surface area (Å²) in [5, 5.41) is 7.34. The summed E-state index contributed by atoms with van der Waals surface area (Å²) in [5.41, 5.74) is 2.05. The lowest BCUT2D eigenvalue weighted by molar-refractivity contribution is 1.02. The van der Waals surface area contributed by atoms with E-state index in [1.165, 1.54) is 0 Å². The van der Waals surface area contributed by atoms with Crippen LogP contribution >= 0.6 is 23.8 Å². The molecule has 2 aromatic rings. The van der Waals surface area contributed by atoms with Crippen molar-refractivity contribution in [3.05, 3.63) is 46.2 Å². The van der Waals surface area contributed by atoms with Crippen molar-refractivity contribution < 1.29 is 0 Å². The van der Waals surface area contributed by atoms with Gasteiger partial charge in [-0.25, -0.2) is 0 Å². The van der Waals surface area contributed by atoms with Gasteiger partial charge in [0.05, 0.1) is 6.20 Å². The van der Waals surface area contributed by atoms with Gasteiger partial charge in [-0.2, -0.15) is 5.10 Å². The molecule has 0 fully saturated rings. The summed E-state index contributed by atoms with van der Waals surface area (Å²) in [6.07, 6.45) is 1.74. The molecule has 0 unspecified atom stereocenters. The number of rotatable bonds is 1. The van der Waals surface area contributed by atoms with Gasteiger partial charge in [0.2, 0.25) is 0 Å². The molecule has 0 aliphatic heterocycles. The molecule has 0 bridgehead atoms. The van der Waals surface area contributed by atoms with Crippen LogP contribution in [0.2, 0.25) is 5.02 Å². The Kier molecular flexibility index (Phi) is 2.61. The average molecular weight is 223 g/mol. The zero-order valence-electron chi connectivity index (χ0n) is 7.20. The maximum absolute atomic E-state index is 5.79. The van der Waals surface area contributed by atoms with Crippen LogP contribution < -0.4 is 0 Å². The van der Waals surface area contributed by atoms with Gasteiger partial charge < -0.3 is 0 Å². The first kappa shape index (κ1) is 9.37. The first-order valence-electron chi connectivity index (χ1n) is 4.06. The van der Waals surface area contributed by atoms with Crippen molar-refractivity contribution in [3.8, 4) is 11.1 Å². The summed E-state index contributed by atoms with van der Waals surface area (Å²) >= 11 is 10.8. The molecule has 0 radical (unpaired) electrons. The molecule has 1 aromatic carbocycles. The molecule has 4 heteroatoms. The average Bonchev–Trinajstić information content (AvgIpc) is 2.19. The number of H-pyrrole nitrogens is 1. The van der Waals surface area contributed by atoms with E-state index in [0.717, 1.165) is 16.1 Å². The number of aromatic amines is 1. The maximum Gasteiger partial charge on any atom is 0.120 e. The Morgan fingerprint density at radius 3 is 2.50 bits per heavy atom. The van der Waals surface area contributed by atoms with E-state index in [4.69, 9.17) is 23.8 Å². The van der Waals surface area contributed by atoms with E-state index in [1.54, 1.807) is 6.20 Å². The van der Waals surface area contributed by atoms with Gasteiger partial charge in [-0.05, 0) is 23.8 Å². The summed E-state index contributed by atoms with van der Waals surface area (Å²) in [7, 11) is 0. The standard InChI is InChI=1S/C10H7ClN2S/c11-9-3-1-7(2-4-9)8-5-10(14)13-12-6-8/h1-6H,(H,13,14). The van der Waals surface area contributed by atoms with Gasteiger partial charge in [-0.3, -0.25) is 5.10 Å². The Balaban J connectivity index is 2.50. The van der Waals surface area contributed by atoms with Gasteiger partial charge in [-0.1, -0.05) is 36.0 Å². The Hall–Kier alpha value is -1.19. The highest BCUT2D eigenvalue weighted by Crippen LogP contribution is 2.19. The fourth-order valence-electron chi connectivity index (χ4n) is 1.18. The van der Waals surface area contributed by atoms with Gasteiger partial charge >= 0.3 is 0 Å². The number of nitrogens with zero attached hydrogens (tertiary/aromatic N) is 1. The molecule has 70 valence electrons. The first-order chi connectivity index (χ1) is 6.75. The molecule has 0 aliphatic carbocycles. The number of hydrogen-bond acceptors (Lipinski definition) is 2. The third-order valence-electron chi connectivity index (χ3n) is 1.84. The summed E-state index contributed by atoms with van der Waals surface area (Å²) in [4.78, 5) is 0. The minimum absolute atomic E-state index is 0.623. The maximum atomic E-state index is 5.79. The molecule has 0 atom stereocenters. The molecule has 0 saturated carbocycles. The highest BCUT2D eigenvalue weighted by molar-refractivity contribution is 7.71. The van der Waals surface area contributed by atoms with Crippen LogP contribution in [-0.4, -0.2) is 10.2 Å². The lowest BCUT2D eigenvalue weighted by Gasteiger charge is -1.99. The van der Waals surface area contributed by atoms with Gasteiger partial charge in [-0.15, -0.1) is 0 Å². The molecule has 2 rings (SSSR count). The van der Waals surface area contributed by atoms with E-state index in [0.29, 0.717) is 4.64 Å². The molecule has 1 N–H and O–H groups in total. The number of halogens is 1. The molecule has 0 amide bonds. The third kappa shape index (κ3) is 2.00. The summed E-state index contributed by atoms with van der Waals surface area (Å²) < 4.78 is 0.623. The Morgan fingerprint density at radius 2 is 1.86 bits per heavy atom. The van der Waals surface area contributed by atoms with Crippen molar-refractivity contribution in [3.63, 3.8) is 0 Å². The minimum atomic E-state index is 0.623. The van der Waals surface area contributed by atoms with Crippen molar-refractivity contribution in [1.29, 1.82) is 0 Å². The zero-order valence-corrected chi connectivity index (χ0v) is 8.77. The van der Waals surface area contributed by atoms with Crippen LogP contribution in [0, 0.1) is 4.64 Å². The molecule has 1 aromatic heterocycles. The smallest absolute Gasteiger partial charge is 0.120 e. The Labute approximate surface area is 91.6 Å². The van der Waals surface area contributed by atoms with Crippen LogP contribution in [0.4, 0.5) is 0 Å². The highest BCUT2D eigenvalue weighted by atomic mass is 35.5. The normalized spacial score (nSPS) is 10.1. The number of aromatic nitrogens is 2. The minimum Gasteiger partial charge on any atom is -0.268 e. The van der Waals surface area contributed by atoms with Crippen LogP contribution in [-0.2, 0) is 0 Å². The SMILES string of the molecule is S=c1cc(-c2ccc(Cl)cc2)cn[nH]1. The molecule has 0 aliphatic rings. The van der Waals surface area contributed by atoms with E-state index in [9.17, 15) is 0 Å². The topological polar surface area (TPSA) is 28.7 Å². The molecule has 0 spiro atoms. The van der Waals surface area contributed by atoms with Crippen LogP contribution in [0.5, 0.6) is 0 Å². The number of benzene rings is 1. The molecular formula is C10H7ClN2S. The van der Waals surface area contributed by atoms with Gasteiger partial charge in [0.25, 0.3) is 0 Å². The zero-order chi connectivity index (χ0) is 9.97. The lowest BCUT2D eigenvalue weighted by Crippen LogP contribution is -1.83. The van der Waals surface area contributed by atoms with Gasteiger partial charge in [0.1, 0.15) is 4.64 Å². The van der Waals surface area contributed by atoms with E-state index in [1.807, 2.05) is 30.3 Å². The molecule has 1 heterocycles. The monoisotopic (exact) mass is 222 g/mol. The fraction of sp³-hybridized carbons (Fsp3) is 0. The summed E-state index contributed by atoms with van der Waals surface area (Å²) in [6.45, 7) is 0. The number of hydrogen-bond donors (Lipinski definition) is 1. The molecule has 14 heavy (non-hydrogen) atoms. The van der Waals surface area contributed by atoms with Crippen LogP contribution in [0.25, 0.3) is 11.1 Å². The quantitative estimate of drug-likeness (QED) is 0.749. The Morgan fingerprint density at radius 1 is 1.14 bits per heavy atom. The largest absolute Gasteiger partial charge is 0.268 e. The predicted octanol–water partition coefficient (Wildman–Crippen LogP) is 3.46. The van der Waals surface area contributed by atoms with Crippen molar-refractivity contribution in [2.45, 2.75) is 0 Å². The van der Waals surface area contributed by atoms with Crippen molar-refractivity contribution >= 4 is 23.8 Å². The summed E-state index contributed by atoms with van der Waals surface area (Å²) in [6, 6.07) is 9.43. The summed E-state index contributed by atoms with van der Waals surface area (Å²) in [5.74, 6) is 0. The molecular weight excluding hydrogens is 216 g/mol. The van der Waals surface area contributed by atoms with E-state index < -0.39 is 0 Å². The van der Waals surface area contributed by atoms with Crippen molar-refractivity contribution in [1.82, 2.24) is 10.2 Å². The highest BCUT2D eigenvalue weighted by Gasteiger charge is 1.96. The second-order valence-corrected chi connectivity index (χ2v) is 3.72. The van der Waals surface area contributed by atoms with Crippen LogP contribution in [0.3, 0.4) is 0 Å². The predicted molar refractivity (Wildman–Crippen MR) is 59.9 cm³/mol. The van der Waals surface area contributed by atoms with Gasteiger partial charge in [0, 0.05) is 10.6 Å². The first-order valence-corrected chi connectivity index (χ1v) is 4.85. The molecule has 2 nitrogen and oxygen atoms in total. The van der Waals surface area contributed by atoms with E-state index in [-0.39, 0.29) is 0 Å². The second-order valence-electron chi connectivity index (χ2n) is 2.84. The van der Waals surface area contributed by atoms with Crippen LogP contribution in [0.15, 0.2) is 36.5 Å². The van der Waals surface area contributed by atoms with E-state index >= 15 is 0 Å². The van der Waals surface area contributed by atoms with Crippen molar-refractivity contribution in [2.24, 2.45) is 0 Å². The van der Waals surface area contributed by atoms with Gasteiger partial charge in [0.15, 0.2) is 0 Å². The van der Waals surface area contributed by atoms with Crippen LogP contribution in [0.1, 0.15) is 0 Å². The Bertz CT molecular complexity index is 490. The lowest BCUT2D eigenvalue weighted by atomic mass is 10.1. The number of nitrogens with one attached hydrogen (secondary N) is 1.